The van der Waals surface area contributed by atoms with E-state index in [4.69, 9.17) is 0 Å². The van der Waals surface area contributed by atoms with Crippen molar-refractivity contribution in [3.8, 4) is 0 Å². The van der Waals surface area contributed by atoms with Gasteiger partial charge < -0.3 is 0 Å². The van der Waals surface area contributed by atoms with Crippen LogP contribution in [0, 0.1) is 0 Å². The normalized spacial score (nSPS) is 18.4. The van der Waals surface area contributed by atoms with Crippen LogP contribution in [0.2, 0.25) is 0 Å². The van der Waals surface area contributed by atoms with Crippen molar-refractivity contribution in [2.24, 2.45) is 0 Å². The lowest BCUT2D eigenvalue weighted by molar-refractivity contribution is -0.135. The van der Waals surface area contributed by atoms with Gasteiger partial charge in [0.1, 0.15) is 5.92 Å². The standard InChI is InChI=1S/C15H11NO3S/c17-13-12(14(18)16-15(13)19)11-7-6-10(20-11)8-9-4-2-1-3-5-9/h1-7,12H,8H2,(H,16,18,19). The van der Waals surface area contributed by atoms with E-state index >= 15 is 0 Å². The van der Waals surface area contributed by atoms with Crippen molar-refractivity contribution in [3.63, 3.8) is 0 Å². The first-order chi connectivity index (χ1) is 9.65. The molecule has 0 radical (unpaired) electrons. The summed E-state index contributed by atoms with van der Waals surface area (Å²) in [7, 11) is 0. The molecule has 1 aliphatic rings. The van der Waals surface area contributed by atoms with Crippen LogP contribution in [0.1, 0.15) is 21.2 Å². The maximum Gasteiger partial charge on any atom is 0.295 e. The van der Waals surface area contributed by atoms with Crippen LogP contribution < -0.4 is 5.32 Å². The molecule has 3 rings (SSSR count). The summed E-state index contributed by atoms with van der Waals surface area (Å²) in [4.78, 5) is 36.2. The van der Waals surface area contributed by atoms with Crippen LogP contribution >= 0.6 is 11.3 Å². The van der Waals surface area contributed by atoms with Crippen molar-refractivity contribution in [3.05, 3.63) is 57.8 Å². The average Bonchev–Trinajstić information content (AvgIpc) is 2.97. The van der Waals surface area contributed by atoms with Crippen LogP contribution in [0.5, 0.6) is 0 Å². The van der Waals surface area contributed by atoms with Gasteiger partial charge in [-0.05, 0) is 17.7 Å². The average molecular weight is 285 g/mol. The molecule has 1 fully saturated rings. The van der Waals surface area contributed by atoms with E-state index in [0.29, 0.717) is 4.88 Å². The van der Waals surface area contributed by atoms with Gasteiger partial charge in [-0.3, -0.25) is 19.7 Å². The first-order valence-electron chi connectivity index (χ1n) is 6.17. The van der Waals surface area contributed by atoms with Crippen molar-refractivity contribution in [1.29, 1.82) is 0 Å². The van der Waals surface area contributed by atoms with Gasteiger partial charge in [-0.2, -0.15) is 0 Å². The number of Topliss-reactive ketones (excluding diaryl/α,β-unsaturated/α-hetero) is 1. The lowest BCUT2D eigenvalue weighted by Gasteiger charge is -2.00. The fraction of sp³-hybridized carbons (Fsp3) is 0.133. The molecule has 1 atom stereocenters. The van der Waals surface area contributed by atoms with Crippen LogP contribution in [-0.2, 0) is 20.8 Å². The van der Waals surface area contributed by atoms with Gasteiger partial charge in [-0.25, -0.2) is 0 Å². The van der Waals surface area contributed by atoms with Crippen LogP contribution in [0.15, 0.2) is 42.5 Å². The van der Waals surface area contributed by atoms with E-state index < -0.39 is 23.5 Å². The van der Waals surface area contributed by atoms with E-state index in [-0.39, 0.29) is 0 Å². The highest BCUT2D eigenvalue weighted by Crippen LogP contribution is 2.29. The summed E-state index contributed by atoms with van der Waals surface area (Å²) >= 11 is 1.40. The van der Waals surface area contributed by atoms with Crippen LogP contribution in [0.3, 0.4) is 0 Å². The first kappa shape index (κ1) is 12.7. The summed E-state index contributed by atoms with van der Waals surface area (Å²) in [6.45, 7) is 0. The van der Waals surface area contributed by atoms with E-state index in [1.165, 1.54) is 16.9 Å². The second-order valence-corrected chi connectivity index (χ2v) is 5.78. The molecule has 4 nitrogen and oxygen atoms in total. The number of hydrogen-bond acceptors (Lipinski definition) is 4. The Labute approximate surface area is 119 Å². The molecule has 1 aromatic carbocycles. The molecule has 2 aromatic rings. The third-order valence-electron chi connectivity index (χ3n) is 3.17. The van der Waals surface area contributed by atoms with Crippen molar-refractivity contribution in [2.75, 3.05) is 0 Å². The molecule has 2 amide bonds. The molecule has 0 bridgehead atoms. The number of nitrogens with one attached hydrogen (secondary N) is 1. The first-order valence-corrected chi connectivity index (χ1v) is 6.98. The highest BCUT2D eigenvalue weighted by Gasteiger charge is 2.41. The molecule has 0 spiro atoms. The second-order valence-electron chi connectivity index (χ2n) is 4.58. The minimum atomic E-state index is -0.961. The highest BCUT2D eigenvalue weighted by molar-refractivity contribution is 7.12. The van der Waals surface area contributed by atoms with Gasteiger partial charge in [0.05, 0.1) is 0 Å². The molecular formula is C15H11NO3S. The highest BCUT2D eigenvalue weighted by atomic mass is 32.1. The number of ketones is 1. The summed E-state index contributed by atoms with van der Waals surface area (Å²) in [5.41, 5.74) is 1.17. The summed E-state index contributed by atoms with van der Waals surface area (Å²) in [5, 5.41) is 2.05. The van der Waals surface area contributed by atoms with Crippen LogP contribution in [0.4, 0.5) is 0 Å². The van der Waals surface area contributed by atoms with E-state index in [9.17, 15) is 14.4 Å². The predicted octanol–water partition coefficient (Wildman–Crippen LogP) is 1.65. The van der Waals surface area contributed by atoms with Crippen molar-refractivity contribution < 1.29 is 14.4 Å². The molecular weight excluding hydrogens is 274 g/mol. The van der Waals surface area contributed by atoms with Gasteiger partial charge in [0.2, 0.25) is 11.7 Å². The maximum absolute atomic E-state index is 11.7. The van der Waals surface area contributed by atoms with Gasteiger partial charge in [-0.15, -0.1) is 11.3 Å². The zero-order valence-electron chi connectivity index (χ0n) is 10.5. The number of imide groups is 1. The Morgan fingerprint density at radius 2 is 1.75 bits per heavy atom. The number of thiophene rings is 1. The Morgan fingerprint density at radius 3 is 2.40 bits per heavy atom. The molecule has 1 N–H and O–H groups in total. The Balaban J connectivity index is 1.82. The number of benzene rings is 1. The molecule has 5 heteroatoms. The summed E-state index contributed by atoms with van der Waals surface area (Å²) in [5.74, 6) is -2.95. The largest absolute Gasteiger partial charge is 0.295 e. The molecule has 0 saturated carbocycles. The zero-order chi connectivity index (χ0) is 14.1. The van der Waals surface area contributed by atoms with Crippen molar-refractivity contribution in [2.45, 2.75) is 12.3 Å². The monoisotopic (exact) mass is 285 g/mol. The summed E-state index contributed by atoms with van der Waals surface area (Å²) in [6, 6.07) is 13.6. The molecule has 1 unspecified atom stereocenters. The molecule has 1 aliphatic heterocycles. The molecule has 0 aliphatic carbocycles. The minimum Gasteiger partial charge on any atom is -0.289 e. The summed E-state index contributed by atoms with van der Waals surface area (Å²) < 4.78 is 0. The van der Waals surface area contributed by atoms with Gasteiger partial charge in [0.25, 0.3) is 5.91 Å². The smallest absolute Gasteiger partial charge is 0.289 e. The second kappa shape index (κ2) is 5.02. The Morgan fingerprint density at radius 1 is 1.00 bits per heavy atom. The van der Waals surface area contributed by atoms with E-state index in [1.54, 1.807) is 6.07 Å². The fourth-order valence-electron chi connectivity index (χ4n) is 2.20. The van der Waals surface area contributed by atoms with Gasteiger partial charge in [-0.1, -0.05) is 30.3 Å². The van der Waals surface area contributed by atoms with Crippen LogP contribution in [-0.4, -0.2) is 17.6 Å². The minimum absolute atomic E-state index is 0.520. The Bertz CT molecular complexity index is 690. The number of carbonyl (C=O) groups is 3. The van der Waals surface area contributed by atoms with Crippen molar-refractivity contribution >= 4 is 28.9 Å². The Hall–Kier alpha value is -2.27. The van der Waals surface area contributed by atoms with Gasteiger partial charge >= 0.3 is 0 Å². The SMILES string of the molecule is O=C1NC(=O)C(c2ccc(Cc3ccccc3)s2)C1=O. The zero-order valence-corrected chi connectivity index (χ0v) is 11.3. The maximum atomic E-state index is 11.7. The Kier molecular flexibility index (Phi) is 3.20. The van der Waals surface area contributed by atoms with E-state index in [0.717, 1.165) is 11.3 Å². The predicted molar refractivity (Wildman–Crippen MR) is 74.5 cm³/mol. The van der Waals surface area contributed by atoms with Crippen molar-refractivity contribution in [1.82, 2.24) is 5.32 Å². The lowest BCUT2D eigenvalue weighted by Crippen LogP contribution is -2.21. The third kappa shape index (κ3) is 2.28. The lowest BCUT2D eigenvalue weighted by atomic mass is 10.1. The molecule has 2 heterocycles. The molecule has 20 heavy (non-hydrogen) atoms. The fourth-order valence-corrected chi connectivity index (χ4v) is 3.34. The number of rotatable bonds is 3. The van der Waals surface area contributed by atoms with E-state index in [1.807, 2.05) is 36.4 Å². The molecule has 1 aromatic heterocycles. The third-order valence-corrected chi connectivity index (χ3v) is 4.32. The molecule has 1 saturated heterocycles. The number of hydrogen-bond donors (Lipinski definition) is 1. The van der Waals surface area contributed by atoms with Gasteiger partial charge in [0.15, 0.2) is 0 Å². The quantitative estimate of drug-likeness (QED) is 0.530. The summed E-state index contributed by atoms with van der Waals surface area (Å²) in [6.07, 6.45) is 0.752. The van der Waals surface area contributed by atoms with E-state index in [2.05, 4.69) is 5.32 Å². The topological polar surface area (TPSA) is 63.2 Å². The number of carbonyl (C=O) groups excluding carboxylic acids is 3. The number of amides is 2. The van der Waals surface area contributed by atoms with Gasteiger partial charge in [0, 0.05) is 16.2 Å². The molecule has 100 valence electrons. The van der Waals surface area contributed by atoms with Crippen LogP contribution in [0.25, 0.3) is 0 Å².